The molecular formula is C22H24ClFO10S. The standard InChI is InChI=1S/C22H24ClFO10S/c1-12(25)31-9-18-19(10-32-13(2)26)34-22(33-18)6-5-20(16(8-22)21(27)28)35(29,30)11-14-3-4-15(24)7-17(14)23/h3-4,7-8,18-20H,5-6,9-11H2,1-2H3,(H,27,28)/t18-,19-,20?/m1/s1. The Kier molecular flexibility index (Phi) is 8.20. The smallest absolute Gasteiger partial charge is 0.332 e. The summed E-state index contributed by atoms with van der Waals surface area (Å²) < 4.78 is 61.3. The van der Waals surface area contributed by atoms with Crippen LogP contribution < -0.4 is 0 Å². The van der Waals surface area contributed by atoms with Crippen LogP contribution in [0.25, 0.3) is 0 Å². The summed E-state index contributed by atoms with van der Waals surface area (Å²) in [6.45, 7) is 1.89. The third kappa shape index (κ3) is 6.57. The average Bonchev–Trinajstić information content (AvgIpc) is 3.09. The van der Waals surface area contributed by atoms with Crippen molar-refractivity contribution < 1.29 is 51.2 Å². The first-order valence-corrected chi connectivity index (χ1v) is 12.6. The lowest BCUT2D eigenvalue weighted by atomic mass is 9.94. The van der Waals surface area contributed by atoms with Crippen LogP contribution in [0.15, 0.2) is 29.8 Å². The summed E-state index contributed by atoms with van der Waals surface area (Å²) in [4.78, 5) is 34.5. The third-order valence-corrected chi connectivity index (χ3v) is 7.97. The fraction of sp³-hybridized carbons (Fsp3) is 0.500. The minimum atomic E-state index is -4.09. The van der Waals surface area contributed by atoms with E-state index < -0.39 is 68.1 Å². The van der Waals surface area contributed by atoms with E-state index in [2.05, 4.69) is 0 Å². The Hall–Kier alpha value is -2.54. The van der Waals surface area contributed by atoms with Gasteiger partial charge in [0.2, 0.25) is 0 Å². The Morgan fingerprint density at radius 3 is 2.20 bits per heavy atom. The van der Waals surface area contributed by atoms with Crippen LogP contribution in [0.2, 0.25) is 5.02 Å². The van der Waals surface area contributed by atoms with Crippen molar-refractivity contribution in [3.8, 4) is 0 Å². The van der Waals surface area contributed by atoms with Gasteiger partial charge in [-0.05, 0) is 30.2 Å². The van der Waals surface area contributed by atoms with Crippen molar-refractivity contribution in [2.75, 3.05) is 13.2 Å². The van der Waals surface area contributed by atoms with Gasteiger partial charge in [0, 0.05) is 25.3 Å². The maximum atomic E-state index is 13.3. The van der Waals surface area contributed by atoms with Gasteiger partial charge in [-0.15, -0.1) is 0 Å². The number of aliphatic carboxylic acids is 1. The fourth-order valence-electron chi connectivity index (χ4n) is 3.98. The zero-order valence-corrected chi connectivity index (χ0v) is 20.4. The summed E-state index contributed by atoms with van der Waals surface area (Å²) >= 11 is 5.96. The molecule has 0 saturated carbocycles. The number of ether oxygens (including phenoxy) is 4. The van der Waals surface area contributed by atoms with Crippen LogP contribution in [-0.4, -0.2) is 67.9 Å². The van der Waals surface area contributed by atoms with E-state index in [1.54, 1.807) is 0 Å². The number of carbonyl (C=O) groups excluding carboxylic acids is 2. The summed E-state index contributed by atoms with van der Waals surface area (Å²) in [5.74, 6) is -5.52. The fourth-order valence-corrected chi connectivity index (χ4v) is 6.21. The molecule has 1 aromatic carbocycles. The number of sulfone groups is 1. The molecule has 0 bridgehead atoms. The molecule has 1 saturated heterocycles. The largest absolute Gasteiger partial charge is 0.478 e. The lowest BCUT2D eigenvalue weighted by Gasteiger charge is -2.33. The topological polar surface area (TPSA) is 142 Å². The van der Waals surface area contributed by atoms with Gasteiger partial charge >= 0.3 is 17.9 Å². The van der Waals surface area contributed by atoms with Crippen LogP contribution in [-0.2, 0) is 48.9 Å². The summed E-state index contributed by atoms with van der Waals surface area (Å²) in [5.41, 5.74) is -0.330. The second-order valence-electron chi connectivity index (χ2n) is 8.20. The van der Waals surface area contributed by atoms with Crippen molar-refractivity contribution >= 4 is 39.3 Å². The number of hydrogen-bond donors (Lipinski definition) is 1. The second kappa shape index (κ2) is 10.6. The van der Waals surface area contributed by atoms with Crippen molar-refractivity contribution in [2.45, 2.75) is 55.7 Å². The molecule has 1 spiro atoms. The number of carboxylic acid groups (broad SMARTS) is 1. The highest BCUT2D eigenvalue weighted by Crippen LogP contribution is 2.42. The van der Waals surface area contributed by atoms with Crippen molar-refractivity contribution in [1.82, 2.24) is 0 Å². The van der Waals surface area contributed by atoms with Crippen LogP contribution in [0.5, 0.6) is 0 Å². The Labute approximate surface area is 205 Å². The normalized spacial score (nSPS) is 23.5. The predicted octanol–water partition coefficient (Wildman–Crippen LogP) is 2.17. The van der Waals surface area contributed by atoms with E-state index in [1.165, 1.54) is 19.9 Å². The quantitative estimate of drug-likeness (QED) is 0.493. The first kappa shape index (κ1) is 27.1. The minimum Gasteiger partial charge on any atom is -0.478 e. The molecule has 13 heteroatoms. The maximum Gasteiger partial charge on any atom is 0.332 e. The van der Waals surface area contributed by atoms with E-state index in [0.29, 0.717) is 0 Å². The van der Waals surface area contributed by atoms with Gasteiger partial charge in [-0.1, -0.05) is 17.7 Å². The molecular weight excluding hydrogens is 511 g/mol. The van der Waals surface area contributed by atoms with E-state index in [-0.39, 0.29) is 36.6 Å². The number of carbonyl (C=O) groups is 3. The monoisotopic (exact) mass is 534 g/mol. The molecule has 35 heavy (non-hydrogen) atoms. The molecule has 1 aliphatic carbocycles. The molecule has 1 unspecified atom stereocenters. The van der Waals surface area contributed by atoms with Gasteiger partial charge < -0.3 is 24.1 Å². The van der Waals surface area contributed by atoms with E-state index in [1.807, 2.05) is 0 Å². The predicted molar refractivity (Wildman–Crippen MR) is 119 cm³/mol. The van der Waals surface area contributed by atoms with Gasteiger partial charge in [-0.25, -0.2) is 17.6 Å². The van der Waals surface area contributed by atoms with Gasteiger partial charge in [0.05, 0.1) is 16.6 Å². The van der Waals surface area contributed by atoms with E-state index >= 15 is 0 Å². The maximum absolute atomic E-state index is 13.3. The van der Waals surface area contributed by atoms with Crippen molar-refractivity contribution in [2.24, 2.45) is 0 Å². The first-order chi connectivity index (χ1) is 16.3. The zero-order valence-electron chi connectivity index (χ0n) is 18.9. The molecule has 0 amide bonds. The number of rotatable bonds is 8. The molecule has 1 aromatic rings. The van der Waals surface area contributed by atoms with Crippen LogP contribution in [0, 0.1) is 5.82 Å². The first-order valence-electron chi connectivity index (χ1n) is 10.6. The minimum absolute atomic E-state index is 0.0437. The van der Waals surface area contributed by atoms with Crippen LogP contribution in [0.3, 0.4) is 0 Å². The van der Waals surface area contributed by atoms with Crippen LogP contribution in [0.4, 0.5) is 4.39 Å². The number of halogens is 2. The van der Waals surface area contributed by atoms with Crippen molar-refractivity contribution in [3.05, 3.63) is 46.3 Å². The highest BCUT2D eigenvalue weighted by atomic mass is 35.5. The number of carboxylic acids is 1. The van der Waals surface area contributed by atoms with Gasteiger partial charge in [0.1, 0.15) is 31.2 Å². The molecule has 0 radical (unpaired) electrons. The van der Waals surface area contributed by atoms with Crippen molar-refractivity contribution in [1.29, 1.82) is 0 Å². The SMILES string of the molecule is CC(=O)OC[C@H]1OC2(C=C(C(=O)O)C(S(=O)(=O)Cc3ccc(F)cc3Cl)CC2)O[C@@H]1COC(C)=O. The lowest BCUT2D eigenvalue weighted by Crippen LogP contribution is -2.41. The zero-order chi connectivity index (χ0) is 26.0. The van der Waals surface area contributed by atoms with Gasteiger partial charge in [0.25, 0.3) is 0 Å². The molecule has 10 nitrogen and oxygen atoms in total. The highest BCUT2D eigenvalue weighted by Gasteiger charge is 2.52. The molecule has 1 aliphatic heterocycles. The van der Waals surface area contributed by atoms with E-state index in [4.69, 9.17) is 30.5 Å². The van der Waals surface area contributed by atoms with Gasteiger partial charge in [-0.2, -0.15) is 0 Å². The molecule has 3 atom stereocenters. The summed E-state index contributed by atoms with van der Waals surface area (Å²) in [5, 5.41) is 8.30. The Morgan fingerprint density at radius 1 is 1.14 bits per heavy atom. The number of hydrogen-bond acceptors (Lipinski definition) is 9. The molecule has 2 aliphatic rings. The Balaban J connectivity index is 1.88. The second-order valence-corrected chi connectivity index (χ2v) is 10.8. The van der Waals surface area contributed by atoms with E-state index in [0.717, 1.165) is 18.2 Å². The Morgan fingerprint density at radius 2 is 1.71 bits per heavy atom. The van der Waals surface area contributed by atoms with E-state index in [9.17, 15) is 32.3 Å². The van der Waals surface area contributed by atoms with Gasteiger partial charge in [-0.3, -0.25) is 9.59 Å². The highest BCUT2D eigenvalue weighted by molar-refractivity contribution is 7.91. The Bertz CT molecular complexity index is 1120. The van der Waals surface area contributed by atoms with Crippen LogP contribution >= 0.6 is 11.6 Å². The summed E-state index contributed by atoms with van der Waals surface area (Å²) in [6, 6.07) is 3.27. The molecule has 1 heterocycles. The third-order valence-electron chi connectivity index (χ3n) is 5.55. The molecule has 3 rings (SSSR count). The number of esters is 2. The van der Waals surface area contributed by atoms with Crippen LogP contribution in [0.1, 0.15) is 32.3 Å². The van der Waals surface area contributed by atoms with Crippen molar-refractivity contribution in [3.63, 3.8) is 0 Å². The lowest BCUT2D eigenvalue weighted by molar-refractivity contribution is -0.162. The molecule has 1 fully saturated rings. The number of benzene rings is 1. The average molecular weight is 535 g/mol. The molecule has 0 aromatic heterocycles. The summed E-state index contributed by atoms with van der Waals surface area (Å²) in [6.07, 6.45) is -0.911. The molecule has 192 valence electrons. The van der Waals surface area contributed by atoms with Gasteiger partial charge in [0.15, 0.2) is 15.6 Å². The summed E-state index contributed by atoms with van der Waals surface area (Å²) in [7, 11) is -4.09. The molecule has 1 N–H and O–H groups in total.